The summed E-state index contributed by atoms with van der Waals surface area (Å²) in [6.07, 6.45) is 0.632. The molecule has 0 atom stereocenters. The van der Waals surface area contributed by atoms with E-state index in [-0.39, 0.29) is 22.1 Å². The summed E-state index contributed by atoms with van der Waals surface area (Å²) in [6, 6.07) is 10.3. The third-order valence-corrected chi connectivity index (χ3v) is 2.69. The Morgan fingerprint density at radius 2 is 2.05 bits per heavy atom. The van der Waals surface area contributed by atoms with Crippen molar-refractivity contribution in [3.63, 3.8) is 0 Å². The molecule has 0 heterocycles. The Morgan fingerprint density at radius 1 is 1.26 bits per heavy atom. The first-order valence-corrected chi connectivity index (χ1v) is 5.64. The summed E-state index contributed by atoms with van der Waals surface area (Å²) in [5.41, 5.74) is 0.561. The van der Waals surface area contributed by atoms with Gasteiger partial charge in [-0.15, -0.1) is 0 Å². The van der Waals surface area contributed by atoms with Crippen molar-refractivity contribution < 1.29 is 13.9 Å². The molecule has 0 N–H and O–H groups in total. The van der Waals surface area contributed by atoms with Gasteiger partial charge >= 0.3 is 0 Å². The first-order chi connectivity index (χ1) is 9.13. The molecule has 0 amide bonds. The first kappa shape index (κ1) is 13.1. The molecule has 0 spiro atoms. The number of nitrogens with zero attached hydrogens (tertiary/aromatic N) is 1. The minimum atomic E-state index is -0.609. The lowest BCUT2D eigenvalue weighted by Crippen LogP contribution is -1.91. The van der Waals surface area contributed by atoms with Crippen molar-refractivity contribution in [3.05, 3.63) is 58.4 Å². The molecule has 0 fully saturated rings. The van der Waals surface area contributed by atoms with Gasteiger partial charge in [-0.05, 0) is 30.3 Å². The van der Waals surface area contributed by atoms with Crippen molar-refractivity contribution >= 4 is 17.9 Å². The number of nitriles is 1. The van der Waals surface area contributed by atoms with Crippen LogP contribution in [-0.4, -0.2) is 6.29 Å². The third-order valence-electron chi connectivity index (χ3n) is 2.38. The second-order valence-electron chi connectivity index (χ2n) is 3.66. The molecule has 0 aliphatic carbocycles. The molecular weight excluding hydrogens is 269 g/mol. The van der Waals surface area contributed by atoms with E-state index in [0.717, 1.165) is 6.07 Å². The Labute approximate surface area is 113 Å². The summed E-state index contributed by atoms with van der Waals surface area (Å²) in [6.45, 7) is 0. The normalized spacial score (nSPS) is 9.74. The maximum atomic E-state index is 13.3. The first-order valence-electron chi connectivity index (χ1n) is 5.26. The van der Waals surface area contributed by atoms with Crippen LogP contribution in [0.25, 0.3) is 0 Å². The number of ether oxygens (including phenoxy) is 1. The molecular formula is C14H7ClFNO2. The van der Waals surface area contributed by atoms with Crippen LogP contribution in [0.15, 0.2) is 36.4 Å². The van der Waals surface area contributed by atoms with Gasteiger partial charge in [0.25, 0.3) is 0 Å². The molecule has 0 bridgehead atoms. The fourth-order valence-electron chi connectivity index (χ4n) is 1.46. The van der Waals surface area contributed by atoms with E-state index in [1.54, 1.807) is 0 Å². The number of hydrogen-bond donors (Lipinski definition) is 0. The highest BCUT2D eigenvalue weighted by molar-refractivity contribution is 6.30. The predicted octanol–water partition coefficient (Wildman–Crippen LogP) is 3.96. The topological polar surface area (TPSA) is 50.1 Å². The standard InChI is InChI=1S/C14H7ClFNO2/c15-12-3-2-11(6-13(12)16)19-14-4-1-9(8-18)5-10(14)7-17/h1-6,8H. The molecule has 0 aliphatic rings. The summed E-state index contributed by atoms with van der Waals surface area (Å²) in [4.78, 5) is 10.6. The Morgan fingerprint density at radius 3 is 2.68 bits per heavy atom. The zero-order valence-electron chi connectivity index (χ0n) is 9.56. The molecule has 0 saturated heterocycles. The maximum absolute atomic E-state index is 13.3. The lowest BCUT2D eigenvalue weighted by atomic mass is 10.1. The molecule has 2 aromatic carbocycles. The summed E-state index contributed by atoms with van der Waals surface area (Å²) in [5, 5.41) is 8.96. The number of halogens is 2. The summed E-state index contributed by atoms with van der Waals surface area (Å²) < 4.78 is 18.7. The van der Waals surface area contributed by atoms with E-state index in [9.17, 15) is 9.18 Å². The Bertz CT molecular complexity index is 680. The predicted molar refractivity (Wildman–Crippen MR) is 68.0 cm³/mol. The average molecular weight is 276 g/mol. The molecule has 5 heteroatoms. The molecule has 0 aromatic heterocycles. The monoisotopic (exact) mass is 275 g/mol. The van der Waals surface area contributed by atoms with Gasteiger partial charge in [0.2, 0.25) is 0 Å². The summed E-state index contributed by atoms with van der Waals surface area (Å²) in [5.74, 6) is -0.144. The van der Waals surface area contributed by atoms with Crippen molar-refractivity contribution in [2.24, 2.45) is 0 Å². The quantitative estimate of drug-likeness (QED) is 0.797. The molecule has 94 valence electrons. The van der Waals surface area contributed by atoms with Gasteiger partial charge in [-0.1, -0.05) is 11.6 Å². The lowest BCUT2D eigenvalue weighted by molar-refractivity contribution is 0.112. The number of carbonyl (C=O) groups excluding carboxylic acids is 1. The SMILES string of the molecule is N#Cc1cc(C=O)ccc1Oc1ccc(Cl)c(F)c1. The molecule has 0 saturated carbocycles. The molecule has 3 nitrogen and oxygen atoms in total. The van der Waals surface area contributed by atoms with Crippen LogP contribution < -0.4 is 4.74 Å². The van der Waals surface area contributed by atoms with Gasteiger partial charge in [0.15, 0.2) is 0 Å². The van der Waals surface area contributed by atoms with Crippen molar-refractivity contribution in [2.45, 2.75) is 0 Å². The molecule has 2 aromatic rings. The minimum absolute atomic E-state index is 0.0100. The smallest absolute Gasteiger partial charge is 0.150 e. The number of rotatable bonds is 3. The highest BCUT2D eigenvalue weighted by Crippen LogP contribution is 2.28. The van der Waals surface area contributed by atoms with Crippen LogP contribution >= 0.6 is 11.6 Å². The van der Waals surface area contributed by atoms with Gasteiger partial charge in [0.05, 0.1) is 10.6 Å². The van der Waals surface area contributed by atoms with Crippen molar-refractivity contribution in [1.82, 2.24) is 0 Å². The highest BCUT2D eigenvalue weighted by Gasteiger charge is 2.08. The second kappa shape index (κ2) is 5.51. The number of benzene rings is 2. The summed E-state index contributed by atoms with van der Waals surface area (Å²) >= 11 is 5.56. The minimum Gasteiger partial charge on any atom is -0.456 e. The fourth-order valence-corrected chi connectivity index (χ4v) is 1.58. The molecule has 19 heavy (non-hydrogen) atoms. The van der Waals surface area contributed by atoms with Gasteiger partial charge in [0.1, 0.15) is 29.7 Å². The van der Waals surface area contributed by atoms with E-state index in [2.05, 4.69) is 0 Å². The number of hydrogen-bond acceptors (Lipinski definition) is 3. The van der Waals surface area contributed by atoms with Crippen LogP contribution in [0.2, 0.25) is 5.02 Å². The fraction of sp³-hybridized carbons (Fsp3) is 0. The van der Waals surface area contributed by atoms with Gasteiger partial charge in [-0.3, -0.25) is 4.79 Å². The average Bonchev–Trinajstić information content (AvgIpc) is 2.43. The largest absolute Gasteiger partial charge is 0.456 e. The molecule has 2 rings (SSSR count). The van der Waals surface area contributed by atoms with Gasteiger partial charge in [-0.2, -0.15) is 5.26 Å². The lowest BCUT2D eigenvalue weighted by Gasteiger charge is -2.08. The number of aldehydes is 1. The molecule has 0 radical (unpaired) electrons. The van der Waals surface area contributed by atoms with Crippen LogP contribution in [0.1, 0.15) is 15.9 Å². The van der Waals surface area contributed by atoms with Crippen molar-refractivity contribution in [1.29, 1.82) is 5.26 Å². The Hall–Kier alpha value is -2.38. The number of carbonyl (C=O) groups is 1. The van der Waals surface area contributed by atoms with Crippen LogP contribution in [0.5, 0.6) is 11.5 Å². The molecule has 0 unspecified atom stereocenters. The van der Waals surface area contributed by atoms with Crippen molar-refractivity contribution in [3.8, 4) is 17.6 Å². The van der Waals surface area contributed by atoms with E-state index >= 15 is 0 Å². The zero-order valence-corrected chi connectivity index (χ0v) is 10.3. The van der Waals surface area contributed by atoms with E-state index in [1.807, 2.05) is 6.07 Å². The van der Waals surface area contributed by atoms with E-state index in [0.29, 0.717) is 11.8 Å². The van der Waals surface area contributed by atoms with E-state index in [4.69, 9.17) is 21.6 Å². The van der Waals surface area contributed by atoms with Crippen LogP contribution in [0.3, 0.4) is 0 Å². The molecule has 0 aliphatic heterocycles. The van der Waals surface area contributed by atoms with Gasteiger partial charge < -0.3 is 4.74 Å². The van der Waals surface area contributed by atoms with Crippen molar-refractivity contribution in [2.75, 3.05) is 0 Å². The van der Waals surface area contributed by atoms with Gasteiger partial charge in [-0.25, -0.2) is 4.39 Å². The van der Waals surface area contributed by atoms with Crippen LogP contribution in [-0.2, 0) is 0 Å². The Balaban J connectivity index is 2.35. The zero-order chi connectivity index (χ0) is 13.8. The van der Waals surface area contributed by atoms with Crippen LogP contribution in [0.4, 0.5) is 4.39 Å². The summed E-state index contributed by atoms with van der Waals surface area (Å²) in [7, 11) is 0. The highest BCUT2D eigenvalue weighted by atomic mass is 35.5. The Kier molecular flexibility index (Phi) is 3.79. The van der Waals surface area contributed by atoms with Gasteiger partial charge in [0, 0.05) is 11.6 Å². The van der Waals surface area contributed by atoms with Crippen LogP contribution in [0, 0.1) is 17.1 Å². The second-order valence-corrected chi connectivity index (χ2v) is 4.07. The van der Waals surface area contributed by atoms with E-state index < -0.39 is 5.82 Å². The maximum Gasteiger partial charge on any atom is 0.150 e. The third kappa shape index (κ3) is 2.90. The van der Waals surface area contributed by atoms with E-state index in [1.165, 1.54) is 30.3 Å².